The number of hydrogen-bond acceptors (Lipinski definition) is 0. The van der Waals surface area contributed by atoms with Gasteiger partial charge in [-0.1, -0.05) is 75.4 Å². The summed E-state index contributed by atoms with van der Waals surface area (Å²) in [6.45, 7) is 6.88. The third kappa shape index (κ3) is 2.12. The molecule has 0 aliphatic heterocycles. The second kappa shape index (κ2) is 4.38. The SMILES string of the molecule is CC(C)(C)C1=C(c2ccccc2)[CH]c2ccccc21. The van der Waals surface area contributed by atoms with E-state index in [0.717, 1.165) is 0 Å². The van der Waals surface area contributed by atoms with Crippen molar-refractivity contribution in [1.29, 1.82) is 0 Å². The van der Waals surface area contributed by atoms with Crippen molar-refractivity contribution in [3.63, 3.8) is 0 Å². The minimum absolute atomic E-state index is 0.147. The summed E-state index contributed by atoms with van der Waals surface area (Å²) in [5.41, 5.74) is 7.00. The van der Waals surface area contributed by atoms with E-state index in [1.807, 2.05) is 0 Å². The van der Waals surface area contributed by atoms with E-state index in [2.05, 4.69) is 81.8 Å². The first-order valence-electron chi connectivity index (χ1n) is 6.82. The monoisotopic (exact) mass is 247 g/mol. The van der Waals surface area contributed by atoms with Gasteiger partial charge in [0.2, 0.25) is 0 Å². The van der Waals surface area contributed by atoms with Gasteiger partial charge in [-0.15, -0.1) is 0 Å². The van der Waals surface area contributed by atoms with Crippen LogP contribution in [0.2, 0.25) is 0 Å². The highest BCUT2D eigenvalue weighted by Crippen LogP contribution is 2.48. The Hall–Kier alpha value is -1.82. The van der Waals surface area contributed by atoms with Crippen LogP contribution < -0.4 is 0 Å². The van der Waals surface area contributed by atoms with Crippen molar-refractivity contribution in [1.82, 2.24) is 0 Å². The lowest BCUT2D eigenvalue weighted by atomic mass is 9.80. The Kier molecular flexibility index (Phi) is 2.82. The highest BCUT2D eigenvalue weighted by Gasteiger charge is 2.30. The Morgan fingerprint density at radius 3 is 2.05 bits per heavy atom. The van der Waals surface area contributed by atoms with Crippen molar-refractivity contribution < 1.29 is 0 Å². The quantitative estimate of drug-likeness (QED) is 0.649. The number of hydrogen-bond donors (Lipinski definition) is 0. The molecule has 0 unspecified atom stereocenters. The molecule has 0 fully saturated rings. The maximum absolute atomic E-state index is 2.32. The number of benzene rings is 2. The Labute approximate surface area is 115 Å². The lowest BCUT2D eigenvalue weighted by Crippen LogP contribution is -2.08. The molecule has 1 aliphatic rings. The average Bonchev–Trinajstić information content (AvgIpc) is 2.79. The number of fused-ring (bicyclic) bond motifs is 1. The molecule has 2 aromatic rings. The normalized spacial score (nSPS) is 14.7. The lowest BCUT2D eigenvalue weighted by molar-refractivity contribution is 0.569. The van der Waals surface area contributed by atoms with E-state index in [-0.39, 0.29) is 5.41 Å². The summed E-state index contributed by atoms with van der Waals surface area (Å²) in [6, 6.07) is 19.4. The van der Waals surface area contributed by atoms with Crippen LogP contribution >= 0.6 is 0 Å². The fraction of sp³-hybridized carbons (Fsp3) is 0.211. The number of allylic oxidation sites excluding steroid dienone is 2. The molecule has 1 aliphatic carbocycles. The molecular formula is C19H19. The van der Waals surface area contributed by atoms with Crippen molar-refractivity contribution in [2.75, 3.05) is 0 Å². The van der Waals surface area contributed by atoms with Gasteiger partial charge in [-0.05, 0) is 33.3 Å². The van der Waals surface area contributed by atoms with Crippen LogP contribution in [-0.4, -0.2) is 0 Å². The molecule has 0 N–H and O–H groups in total. The zero-order valence-corrected chi connectivity index (χ0v) is 11.8. The smallest absolute Gasteiger partial charge is 0.0214 e. The van der Waals surface area contributed by atoms with E-state index < -0.39 is 0 Å². The maximum atomic E-state index is 2.32. The summed E-state index contributed by atoms with van der Waals surface area (Å²) in [7, 11) is 0. The molecule has 0 spiro atoms. The van der Waals surface area contributed by atoms with E-state index in [9.17, 15) is 0 Å². The van der Waals surface area contributed by atoms with Gasteiger partial charge in [0.1, 0.15) is 0 Å². The summed E-state index contributed by atoms with van der Waals surface area (Å²) >= 11 is 0. The van der Waals surface area contributed by atoms with Crippen molar-refractivity contribution in [2.24, 2.45) is 5.41 Å². The predicted octanol–water partition coefficient (Wildman–Crippen LogP) is 5.21. The van der Waals surface area contributed by atoms with Crippen molar-refractivity contribution in [3.05, 3.63) is 77.7 Å². The third-order valence-corrected chi connectivity index (χ3v) is 3.63. The summed E-state index contributed by atoms with van der Waals surface area (Å²) < 4.78 is 0. The van der Waals surface area contributed by atoms with Crippen LogP contribution in [0.15, 0.2) is 54.6 Å². The van der Waals surface area contributed by atoms with Gasteiger partial charge in [0.25, 0.3) is 0 Å². The molecule has 0 heterocycles. The van der Waals surface area contributed by atoms with Crippen LogP contribution in [0.5, 0.6) is 0 Å². The molecule has 3 rings (SSSR count). The fourth-order valence-corrected chi connectivity index (χ4v) is 2.88. The first-order chi connectivity index (χ1) is 9.07. The molecule has 19 heavy (non-hydrogen) atoms. The van der Waals surface area contributed by atoms with Gasteiger partial charge in [-0.25, -0.2) is 0 Å². The average molecular weight is 247 g/mol. The van der Waals surface area contributed by atoms with E-state index in [1.54, 1.807) is 0 Å². The Morgan fingerprint density at radius 2 is 1.37 bits per heavy atom. The molecule has 0 atom stereocenters. The molecule has 0 aromatic heterocycles. The van der Waals surface area contributed by atoms with Gasteiger partial charge in [-0.3, -0.25) is 0 Å². The van der Waals surface area contributed by atoms with Gasteiger partial charge in [0.05, 0.1) is 0 Å². The highest BCUT2D eigenvalue weighted by molar-refractivity contribution is 6.03. The molecular weight excluding hydrogens is 228 g/mol. The first-order valence-corrected chi connectivity index (χ1v) is 6.82. The second-order valence-electron chi connectivity index (χ2n) is 6.14. The maximum Gasteiger partial charge on any atom is 0.0214 e. The van der Waals surface area contributed by atoms with Crippen LogP contribution in [-0.2, 0) is 0 Å². The summed E-state index contributed by atoms with van der Waals surface area (Å²) in [5, 5.41) is 0. The summed E-state index contributed by atoms with van der Waals surface area (Å²) in [6.07, 6.45) is 2.32. The minimum atomic E-state index is 0.147. The largest absolute Gasteiger partial charge is 0.0622 e. The van der Waals surface area contributed by atoms with Crippen molar-refractivity contribution in [2.45, 2.75) is 20.8 Å². The molecule has 0 saturated carbocycles. The number of rotatable bonds is 1. The van der Waals surface area contributed by atoms with Crippen LogP contribution in [0.1, 0.15) is 37.5 Å². The molecule has 1 radical (unpaired) electrons. The van der Waals surface area contributed by atoms with Gasteiger partial charge >= 0.3 is 0 Å². The molecule has 95 valence electrons. The Bertz CT molecular complexity index is 625. The van der Waals surface area contributed by atoms with E-state index >= 15 is 0 Å². The topological polar surface area (TPSA) is 0 Å². The molecule has 2 aromatic carbocycles. The Balaban J connectivity index is 2.22. The Morgan fingerprint density at radius 1 is 0.737 bits per heavy atom. The minimum Gasteiger partial charge on any atom is -0.0622 e. The molecule has 0 heteroatoms. The predicted molar refractivity (Wildman–Crippen MR) is 82.6 cm³/mol. The molecule has 0 saturated heterocycles. The molecule has 0 bridgehead atoms. The third-order valence-electron chi connectivity index (χ3n) is 3.63. The second-order valence-corrected chi connectivity index (χ2v) is 6.14. The van der Waals surface area contributed by atoms with E-state index in [0.29, 0.717) is 0 Å². The zero-order valence-electron chi connectivity index (χ0n) is 11.8. The van der Waals surface area contributed by atoms with Gasteiger partial charge in [0.15, 0.2) is 0 Å². The summed E-state index contributed by atoms with van der Waals surface area (Å²) in [5.74, 6) is 0. The fourth-order valence-electron chi connectivity index (χ4n) is 2.88. The van der Waals surface area contributed by atoms with Gasteiger partial charge in [-0.2, -0.15) is 0 Å². The van der Waals surface area contributed by atoms with Crippen LogP contribution in [0.3, 0.4) is 0 Å². The zero-order chi connectivity index (χ0) is 13.5. The van der Waals surface area contributed by atoms with Gasteiger partial charge < -0.3 is 0 Å². The van der Waals surface area contributed by atoms with Crippen LogP contribution in [0, 0.1) is 11.8 Å². The first kappa shape index (κ1) is 12.2. The van der Waals surface area contributed by atoms with Crippen molar-refractivity contribution >= 4 is 11.1 Å². The van der Waals surface area contributed by atoms with E-state index in [1.165, 1.54) is 27.8 Å². The van der Waals surface area contributed by atoms with Crippen molar-refractivity contribution in [3.8, 4) is 0 Å². The lowest BCUT2D eigenvalue weighted by Gasteiger charge is -2.24. The molecule has 0 nitrogen and oxygen atoms in total. The molecule has 0 amide bonds. The van der Waals surface area contributed by atoms with Gasteiger partial charge in [0, 0.05) is 6.42 Å². The standard InChI is InChI=1S/C19H19/c1-19(2,3)18-16-12-8-7-11-15(16)13-17(18)14-9-5-4-6-10-14/h4-13H,1-3H3. The van der Waals surface area contributed by atoms with E-state index in [4.69, 9.17) is 0 Å². The van der Waals surface area contributed by atoms with Crippen LogP contribution in [0.4, 0.5) is 0 Å². The highest BCUT2D eigenvalue weighted by atomic mass is 14.3. The summed E-state index contributed by atoms with van der Waals surface area (Å²) in [4.78, 5) is 0. The van der Waals surface area contributed by atoms with Crippen LogP contribution in [0.25, 0.3) is 11.1 Å².